The molecule has 1 aromatic heterocycles. The summed E-state index contributed by atoms with van der Waals surface area (Å²) in [5, 5.41) is 11.0. The Morgan fingerprint density at radius 2 is 2.00 bits per heavy atom. The summed E-state index contributed by atoms with van der Waals surface area (Å²) in [7, 11) is -1.05. The Morgan fingerprint density at radius 3 is 2.72 bits per heavy atom. The highest BCUT2D eigenvalue weighted by molar-refractivity contribution is 7.85. The van der Waals surface area contributed by atoms with Crippen molar-refractivity contribution in [2.75, 3.05) is 18.8 Å². The Morgan fingerprint density at radius 1 is 1.17 bits per heavy atom. The molecule has 29 heavy (non-hydrogen) atoms. The number of aliphatic imine (C=N–C) groups is 1. The van der Waals surface area contributed by atoms with Gasteiger partial charge in [0.2, 0.25) is 0 Å². The van der Waals surface area contributed by atoms with E-state index >= 15 is 0 Å². The quantitative estimate of drug-likeness (QED) is 0.442. The number of hydrogen-bond acceptors (Lipinski definition) is 3. The first-order chi connectivity index (χ1) is 14.2. The summed E-state index contributed by atoms with van der Waals surface area (Å²) in [6.45, 7) is 5.37. The molecule has 0 aliphatic heterocycles. The van der Waals surface area contributed by atoms with E-state index < -0.39 is 10.8 Å². The summed E-state index contributed by atoms with van der Waals surface area (Å²) >= 11 is 0. The van der Waals surface area contributed by atoms with Crippen molar-refractivity contribution in [3.63, 3.8) is 0 Å². The summed E-state index contributed by atoms with van der Waals surface area (Å²) in [6, 6.07) is 19.7. The maximum atomic E-state index is 12.4. The molecule has 0 saturated heterocycles. The number of hydrogen-bond donors (Lipinski definition) is 2. The van der Waals surface area contributed by atoms with E-state index in [4.69, 9.17) is 0 Å². The molecule has 152 valence electrons. The highest BCUT2D eigenvalue weighted by atomic mass is 32.2. The molecule has 1 heterocycles. The van der Waals surface area contributed by atoms with Crippen molar-refractivity contribution in [1.29, 1.82) is 0 Å². The van der Waals surface area contributed by atoms with Crippen LogP contribution in [0.15, 0.2) is 82.9 Å². The molecule has 3 aromatic rings. The minimum Gasteiger partial charge on any atom is -0.357 e. The minimum atomic E-state index is -1.05. The van der Waals surface area contributed by atoms with Crippen LogP contribution < -0.4 is 10.6 Å². The molecular weight excluding hydrogens is 382 g/mol. The first kappa shape index (κ1) is 20.8. The lowest BCUT2D eigenvalue weighted by molar-refractivity contribution is 0.679. The molecule has 2 aromatic carbocycles. The van der Waals surface area contributed by atoms with Crippen molar-refractivity contribution in [3.05, 3.63) is 78.6 Å². The van der Waals surface area contributed by atoms with E-state index in [-0.39, 0.29) is 6.04 Å². The van der Waals surface area contributed by atoms with Crippen molar-refractivity contribution in [2.45, 2.75) is 24.8 Å². The maximum Gasteiger partial charge on any atom is 0.191 e. The van der Waals surface area contributed by atoms with E-state index in [1.807, 2.05) is 66.3 Å². The van der Waals surface area contributed by atoms with Crippen LogP contribution in [-0.2, 0) is 10.8 Å². The predicted molar refractivity (Wildman–Crippen MR) is 119 cm³/mol. The van der Waals surface area contributed by atoms with Crippen LogP contribution in [-0.4, -0.2) is 38.8 Å². The zero-order valence-corrected chi connectivity index (χ0v) is 17.6. The second kappa shape index (κ2) is 10.6. The molecule has 0 spiro atoms. The minimum absolute atomic E-state index is 0.0583. The van der Waals surface area contributed by atoms with Crippen molar-refractivity contribution in [1.82, 2.24) is 20.4 Å². The molecule has 0 aliphatic carbocycles. The number of nitrogens with one attached hydrogen (secondary N) is 2. The van der Waals surface area contributed by atoms with Crippen molar-refractivity contribution in [3.8, 4) is 5.69 Å². The van der Waals surface area contributed by atoms with Crippen LogP contribution in [0.3, 0.4) is 0 Å². The topological polar surface area (TPSA) is 71.3 Å². The van der Waals surface area contributed by atoms with Gasteiger partial charge in [0.1, 0.15) is 0 Å². The van der Waals surface area contributed by atoms with Crippen LogP contribution in [0.25, 0.3) is 5.69 Å². The lowest BCUT2D eigenvalue weighted by Crippen LogP contribution is -2.39. The Hall–Kier alpha value is -2.93. The number of aromatic nitrogens is 2. The first-order valence-corrected chi connectivity index (χ1v) is 11.1. The lowest BCUT2D eigenvalue weighted by Gasteiger charge is -2.19. The van der Waals surface area contributed by atoms with Crippen LogP contribution in [0.5, 0.6) is 0 Å². The van der Waals surface area contributed by atoms with E-state index in [0.29, 0.717) is 12.3 Å². The summed E-state index contributed by atoms with van der Waals surface area (Å²) in [4.78, 5) is 5.44. The predicted octanol–water partition coefficient (Wildman–Crippen LogP) is 3.30. The maximum absolute atomic E-state index is 12.4. The Balaban J connectivity index is 1.63. The summed E-state index contributed by atoms with van der Waals surface area (Å²) in [6.07, 6.45) is 3.69. The van der Waals surface area contributed by atoms with Gasteiger partial charge in [-0.05, 0) is 49.7 Å². The average molecular weight is 410 g/mol. The molecule has 6 nitrogen and oxygen atoms in total. The van der Waals surface area contributed by atoms with Gasteiger partial charge < -0.3 is 10.6 Å². The summed E-state index contributed by atoms with van der Waals surface area (Å²) in [5.41, 5.74) is 2.15. The molecule has 0 aliphatic rings. The Labute approximate surface area is 174 Å². The number of rotatable bonds is 8. The van der Waals surface area contributed by atoms with E-state index in [1.165, 1.54) is 0 Å². The molecular formula is C22H27N5OS. The first-order valence-electron chi connectivity index (χ1n) is 9.75. The smallest absolute Gasteiger partial charge is 0.191 e. The summed E-state index contributed by atoms with van der Waals surface area (Å²) in [5.74, 6) is 1.21. The molecule has 3 rings (SSSR count). The van der Waals surface area contributed by atoms with Gasteiger partial charge in [-0.3, -0.25) is 9.20 Å². The molecule has 2 unspecified atom stereocenters. The molecule has 0 amide bonds. The fourth-order valence-corrected chi connectivity index (χ4v) is 3.85. The monoisotopic (exact) mass is 409 g/mol. The number of guanidine groups is 1. The third-order valence-corrected chi connectivity index (χ3v) is 5.74. The van der Waals surface area contributed by atoms with Gasteiger partial charge in [0.15, 0.2) is 5.96 Å². The zero-order valence-electron chi connectivity index (χ0n) is 16.8. The third-order valence-electron chi connectivity index (χ3n) is 4.39. The molecule has 7 heteroatoms. The third kappa shape index (κ3) is 6.02. The molecule has 0 radical (unpaired) electrons. The largest absolute Gasteiger partial charge is 0.357 e. The highest BCUT2D eigenvalue weighted by Crippen LogP contribution is 2.16. The second-order valence-corrected chi connectivity index (χ2v) is 8.11. The fourth-order valence-electron chi connectivity index (χ4n) is 2.90. The van der Waals surface area contributed by atoms with Crippen molar-refractivity contribution in [2.24, 2.45) is 4.99 Å². The van der Waals surface area contributed by atoms with Crippen LogP contribution >= 0.6 is 0 Å². The van der Waals surface area contributed by atoms with Gasteiger partial charge >= 0.3 is 0 Å². The van der Waals surface area contributed by atoms with Gasteiger partial charge in [-0.2, -0.15) is 5.10 Å². The number of nitrogens with zero attached hydrogens (tertiary/aromatic N) is 3. The zero-order chi connectivity index (χ0) is 20.5. The van der Waals surface area contributed by atoms with Gasteiger partial charge in [0, 0.05) is 29.6 Å². The lowest BCUT2D eigenvalue weighted by atomic mass is 10.1. The van der Waals surface area contributed by atoms with E-state index in [9.17, 15) is 4.21 Å². The SMILES string of the molecule is CCNC(=NCCS(=O)c1ccccc1)NC(C)c1cccc(-n2cccn2)c1. The average Bonchev–Trinajstić information content (AvgIpc) is 3.29. The van der Waals surface area contributed by atoms with E-state index in [2.05, 4.69) is 39.8 Å². The van der Waals surface area contributed by atoms with Gasteiger partial charge in [0.25, 0.3) is 0 Å². The van der Waals surface area contributed by atoms with Crippen LogP contribution in [0.2, 0.25) is 0 Å². The van der Waals surface area contributed by atoms with Crippen LogP contribution in [0.4, 0.5) is 0 Å². The number of benzene rings is 2. The van der Waals surface area contributed by atoms with E-state index in [1.54, 1.807) is 6.20 Å². The Kier molecular flexibility index (Phi) is 7.58. The normalized spacial score (nSPS) is 13.7. The van der Waals surface area contributed by atoms with E-state index in [0.717, 1.165) is 28.7 Å². The fraction of sp³-hybridized carbons (Fsp3) is 0.273. The van der Waals surface area contributed by atoms with Gasteiger partial charge in [-0.25, -0.2) is 4.68 Å². The standard InChI is InChI=1S/C22H27N5OS/c1-3-23-22(24-14-16-29(28)21-11-5-4-6-12-21)26-18(2)19-9-7-10-20(17-19)27-15-8-13-25-27/h4-13,15,17-18H,3,14,16H2,1-2H3,(H2,23,24,26). The van der Waals surface area contributed by atoms with Gasteiger partial charge in [-0.15, -0.1) is 0 Å². The van der Waals surface area contributed by atoms with Crippen LogP contribution in [0, 0.1) is 0 Å². The second-order valence-electron chi connectivity index (χ2n) is 6.54. The van der Waals surface area contributed by atoms with Gasteiger partial charge in [-0.1, -0.05) is 30.3 Å². The molecule has 0 bridgehead atoms. The van der Waals surface area contributed by atoms with Crippen LogP contribution in [0.1, 0.15) is 25.5 Å². The Bertz CT molecular complexity index is 941. The molecule has 0 fully saturated rings. The molecule has 0 saturated carbocycles. The highest BCUT2D eigenvalue weighted by Gasteiger charge is 2.10. The van der Waals surface area contributed by atoms with Crippen molar-refractivity contribution >= 4 is 16.8 Å². The van der Waals surface area contributed by atoms with Gasteiger partial charge in [0.05, 0.1) is 29.1 Å². The molecule has 2 atom stereocenters. The summed E-state index contributed by atoms with van der Waals surface area (Å²) < 4.78 is 14.2. The molecule has 2 N–H and O–H groups in total. The van der Waals surface area contributed by atoms with Crippen molar-refractivity contribution < 1.29 is 4.21 Å².